The van der Waals surface area contributed by atoms with Gasteiger partial charge in [-0.05, 0) is 49.4 Å². The number of carbonyl (C=O) groups is 1. The molecule has 0 fully saturated rings. The molecule has 1 heterocycles. The summed E-state index contributed by atoms with van der Waals surface area (Å²) in [5.41, 5.74) is 0.760. The Morgan fingerprint density at radius 1 is 1.00 bits per heavy atom. The van der Waals surface area contributed by atoms with Gasteiger partial charge in [-0.1, -0.05) is 29.8 Å². The number of hydrogen-bond donors (Lipinski definition) is 1. The number of nitrogens with one attached hydrogen (secondary N) is 1. The highest BCUT2D eigenvalue weighted by Crippen LogP contribution is 2.31. The fourth-order valence-corrected chi connectivity index (χ4v) is 5.60. The lowest BCUT2D eigenvalue weighted by molar-refractivity contribution is 0.102. The molecule has 0 aliphatic carbocycles. The number of ether oxygens (including phenoxy) is 2. The summed E-state index contributed by atoms with van der Waals surface area (Å²) < 4.78 is 41.7. The molecule has 1 N–H and O–H groups in total. The molecule has 3 aromatic carbocycles. The second-order valence-electron chi connectivity index (χ2n) is 8.54. The van der Waals surface area contributed by atoms with E-state index in [1.807, 2.05) is 6.07 Å². The molecule has 39 heavy (non-hydrogen) atoms. The lowest BCUT2D eigenvalue weighted by Gasteiger charge is -2.19. The molecule has 0 aliphatic heterocycles. The number of amides is 1. The Bertz CT molecular complexity index is 1710. The second kappa shape index (κ2) is 10.9. The van der Waals surface area contributed by atoms with Gasteiger partial charge in [0.2, 0.25) is 0 Å². The third-order valence-corrected chi connectivity index (χ3v) is 8.42. The molecule has 4 aromatic rings. The van der Waals surface area contributed by atoms with Crippen molar-refractivity contribution in [2.45, 2.75) is 11.8 Å². The van der Waals surface area contributed by atoms with Gasteiger partial charge < -0.3 is 14.8 Å². The molecule has 10 nitrogen and oxygen atoms in total. The highest BCUT2D eigenvalue weighted by molar-refractivity contribution is 7.92. The largest absolute Gasteiger partial charge is 0.497 e. The fraction of sp³-hybridized carbons (Fsp3) is 0.185. The average Bonchev–Trinajstić information content (AvgIpc) is 3.15. The van der Waals surface area contributed by atoms with Crippen LogP contribution in [0.1, 0.15) is 16.1 Å². The zero-order valence-corrected chi connectivity index (χ0v) is 23.5. The standard InChI is InChI=1S/C27H27ClN4O6S/c1-17-25(27(34)32(30(17)2)18-9-7-6-8-10-18)31(3)39(35,36)20-12-13-22(28)21(16-20)26(33)29-23-14-11-19(37-4)15-24(23)38-5/h6-16H,1-5H3,(H,29,33). The number of carbonyl (C=O) groups excluding carboxylic acids is 1. The normalized spacial score (nSPS) is 11.2. The summed E-state index contributed by atoms with van der Waals surface area (Å²) in [4.78, 5) is 26.3. The van der Waals surface area contributed by atoms with Crippen LogP contribution in [0.4, 0.5) is 11.4 Å². The SMILES string of the molecule is COc1ccc(NC(=O)c2cc(S(=O)(=O)N(C)c3c(C)n(C)n(-c4ccccc4)c3=O)ccc2Cl)c(OC)c1. The number of para-hydroxylation sites is 1. The Labute approximate surface area is 231 Å². The number of methoxy groups -OCH3 is 2. The van der Waals surface area contributed by atoms with E-state index in [0.29, 0.717) is 28.6 Å². The molecule has 12 heteroatoms. The minimum atomic E-state index is -4.26. The van der Waals surface area contributed by atoms with E-state index < -0.39 is 21.5 Å². The number of sulfonamides is 1. The molecular weight excluding hydrogens is 544 g/mol. The van der Waals surface area contributed by atoms with Crippen molar-refractivity contribution >= 4 is 38.9 Å². The van der Waals surface area contributed by atoms with E-state index in [0.717, 1.165) is 4.31 Å². The number of aromatic nitrogens is 2. The smallest absolute Gasteiger partial charge is 0.296 e. The molecule has 0 atom stereocenters. The Kier molecular flexibility index (Phi) is 7.75. The van der Waals surface area contributed by atoms with Crippen LogP contribution in [0, 0.1) is 6.92 Å². The van der Waals surface area contributed by atoms with E-state index in [9.17, 15) is 18.0 Å². The highest BCUT2D eigenvalue weighted by Gasteiger charge is 2.30. The van der Waals surface area contributed by atoms with Crippen molar-refractivity contribution < 1.29 is 22.7 Å². The van der Waals surface area contributed by atoms with Crippen LogP contribution in [0.15, 0.2) is 76.4 Å². The quantitative estimate of drug-likeness (QED) is 0.339. The van der Waals surface area contributed by atoms with Crippen LogP contribution in [-0.2, 0) is 17.1 Å². The maximum Gasteiger partial charge on any atom is 0.296 e. The van der Waals surface area contributed by atoms with E-state index >= 15 is 0 Å². The first-order valence-electron chi connectivity index (χ1n) is 11.7. The number of nitrogens with zero attached hydrogens (tertiary/aromatic N) is 3. The van der Waals surface area contributed by atoms with Crippen LogP contribution in [-0.4, -0.2) is 45.0 Å². The number of rotatable bonds is 8. The molecule has 0 saturated carbocycles. The molecule has 0 saturated heterocycles. The number of anilines is 2. The summed E-state index contributed by atoms with van der Waals surface area (Å²) in [7, 11) is 1.65. The van der Waals surface area contributed by atoms with Gasteiger partial charge in [-0.25, -0.2) is 13.1 Å². The number of hydrogen-bond acceptors (Lipinski definition) is 6. The molecular formula is C27H27ClN4O6S. The Hall–Kier alpha value is -4.22. The van der Waals surface area contributed by atoms with Crippen LogP contribution in [0.25, 0.3) is 5.69 Å². The molecule has 4 rings (SSSR count). The highest BCUT2D eigenvalue weighted by atomic mass is 35.5. The van der Waals surface area contributed by atoms with Gasteiger partial charge in [0, 0.05) is 20.2 Å². The second-order valence-corrected chi connectivity index (χ2v) is 10.9. The zero-order valence-electron chi connectivity index (χ0n) is 21.9. The molecule has 0 unspecified atom stereocenters. The molecule has 0 radical (unpaired) electrons. The van der Waals surface area contributed by atoms with Crippen LogP contribution in [0.3, 0.4) is 0 Å². The molecule has 0 bridgehead atoms. The van der Waals surface area contributed by atoms with Crippen LogP contribution < -0.4 is 24.7 Å². The van der Waals surface area contributed by atoms with Gasteiger partial charge in [0.05, 0.1) is 46.8 Å². The van der Waals surface area contributed by atoms with E-state index in [1.165, 1.54) is 44.1 Å². The van der Waals surface area contributed by atoms with Crippen molar-refractivity contribution in [1.82, 2.24) is 9.36 Å². The van der Waals surface area contributed by atoms with Gasteiger partial charge in [0.25, 0.3) is 21.5 Å². The van der Waals surface area contributed by atoms with Crippen molar-refractivity contribution in [3.05, 3.63) is 93.4 Å². The van der Waals surface area contributed by atoms with Gasteiger partial charge in [0.15, 0.2) is 0 Å². The van der Waals surface area contributed by atoms with Gasteiger partial charge in [-0.3, -0.25) is 18.6 Å². The van der Waals surface area contributed by atoms with Gasteiger partial charge in [-0.2, -0.15) is 0 Å². The maximum atomic E-state index is 13.7. The first-order valence-corrected chi connectivity index (χ1v) is 13.5. The van der Waals surface area contributed by atoms with Crippen molar-refractivity contribution in [3.8, 4) is 17.2 Å². The Balaban J connectivity index is 1.71. The third kappa shape index (κ3) is 5.10. The van der Waals surface area contributed by atoms with Gasteiger partial charge in [-0.15, -0.1) is 0 Å². The molecule has 0 aliphatic rings. The van der Waals surface area contributed by atoms with Crippen LogP contribution in [0.2, 0.25) is 5.02 Å². The minimum absolute atomic E-state index is 0.0229. The van der Waals surface area contributed by atoms with E-state index in [4.69, 9.17) is 21.1 Å². The monoisotopic (exact) mass is 570 g/mol. The van der Waals surface area contributed by atoms with Crippen molar-refractivity contribution in [2.75, 3.05) is 30.9 Å². The molecule has 1 aromatic heterocycles. The lowest BCUT2D eigenvalue weighted by atomic mass is 10.2. The fourth-order valence-electron chi connectivity index (χ4n) is 4.13. The van der Waals surface area contributed by atoms with Gasteiger partial charge in [0.1, 0.15) is 17.2 Å². The number of benzene rings is 3. The predicted molar refractivity (Wildman–Crippen MR) is 150 cm³/mol. The third-order valence-electron chi connectivity index (χ3n) is 6.34. The Morgan fingerprint density at radius 3 is 2.33 bits per heavy atom. The first kappa shape index (κ1) is 27.8. The van der Waals surface area contributed by atoms with E-state index in [2.05, 4.69) is 5.32 Å². The summed E-state index contributed by atoms with van der Waals surface area (Å²) in [6, 6.07) is 17.5. The molecule has 0 spiro atoms. The minimum Gasteiger partial charge on any atom is -0.497 e. The van der Waals surface area contributed by atoms with Crippen molar-refractivity contribution in [3.63, 3.8) is 0 Å². The summed E-state index contributed by atoms with van der Waals surface area (Å²) >= 11 is 6.29. The summed E-state index contributed by atoms with van der Waals surface area (Å²) in [5.74, 6) is 0.226. The zero-order chi connectivity index (χ0) is 28.5. The van der Waals surface area contributed by atoms with Crippen molar-refractivity contribution in [2.24, 2.45) is 7.05 Å². The molecule has 204 valence electrons. The number of halogens is 1. The Morgan fingerprint density at radius 2 is 1.69 bits per heavy atom. The van der Waals surface area contributed by atoms with E-state index in [-0.39, 0.29) is 21.2 Å². The summed E-state index contributed by atoms with van der Waals surface area (Å²) in [5, 5.41) is 2.73. The van der Waals surface area contributed by atoms with Crippen LogP contribution >= 0.6 is 11.6 Å². The maximum absolute atomic E-state index is 13.7. The predicted octanol–water partition coefficient (Wildman–Crippen LogP) is 4.23. The van der Waals surface area contributed by atoms with Crippen LogP contribution in [0.5, 0.6) is 11.5 Å². The summed E-state index contributed by atoms with van der Waals surface area (Å²) in [6.45, 7) is 1.66. The topological polar surface area (TPSA) is 112 Å². The summed E-state index contributed by atoms with van der Waals surface area (Å²) in [6.07, 6.45) is 0. The first-order chi connectivity index (χ1) is 18.5. The lowest BCUT2D eigenvalue weighted by Crippen LogP contribution is -2.32. The average molecular weight is 571 g/mol. The molecule has 1 amide bonds. The van der Waals surface area contributed by atoms with E-state index in [1.54, 1.807) is 61.1 Å². The van der Waals surface area contributed by atoms with Gasteiger partial charge >= 0.3 is 0 Å². The van der Waals surface area contributed by atoms with Crippen molar-refractivity contribution in [1.29, 1.82) is 0 Å².